The molecule has 146 valence electrons. The van der Waals surface area contributed by atoms with Gasteiger partial charge in [0.1, 0.15) is 0 Å². The Morgan fingerprint density at radius 1 is 1.07 bits per heavy atom. The number of carbonyl (C=O) groups is 2. The molecule has 0 fully saturated rings. The SMILES string of the molecule is C[C@@H](OC(=O)CCNS(=O)(=O)c1ccccc1)C(=O)c1c[nH]c2ccccc12. The quantitative estimate of drug-likeness (QED) is 0.447. The van der Waals surface area contributed by atoms with E-state index in [1.54, 1.807) is 24.4 Å². The number of nitrogens with one attached hydrogen (secondary N) is 2. The molecule has 1 atom stereocenters. The van der Waals surface area contributed by atoms with Crippen molar-refractivity contribution < 1.29 is 22.7 Å². The highest BCUT2D eigenvalue weighted by atomic mass is 32.2. The number of ketones is 1. The molecule has 8 heteroatoms. The summed E-state index contributed by atoms with van der Waals surface area (Å²) in [6, 6.07) is 15.2. The van der Waals surface area contributed by atoms with Crippen molar-refractivity contribution in [3.05, 3.63) is 66.4 Å². The van der Waals surface area contributed by atoms with Gasteiger partial charge in [0.05, 0.1) is 11.3 Å². The van der Waals surface area contributed by atoms with Gasteiger partial charge in [-0.2, -0.15) is 0 Å². The van der Waals surface area contributed by atoms with Gasteiger partial charge < -0.3 is 9.72 Å². The Morgan fingerprint density at radius 2 is 1.75 bits per heavy atom. The smallest absolute Gasteiger partial charge is 0.307 e. The van der Waals surface area contributed by atoms with E-state index < -0.39 is 22.1 Å². The third kappa shape index (κ3) is 4.47. The Morgan fingerprint density at radius 3 is 2.50 bits per heavy atom. The molecule has 1 heterocycles. The molecule has 28 heavy (non-hydrogen) atoms. The Labute approximate surface area is 162 Å². The van der Waals surface area contributed by atoms with Gasteiger partial charge in [0.15, 0.2) is 6.10 Å². The summed E-state index contributed by atoms with van der Waals surface area (Å²) in [4.78, 5) is 27.7. The summed E-state index contributed by atoms with van der Waals surface area (Å²) in [5.41, 5.74) is 1.26. The highest BCUT2D eigenvalue weighted by molar-refractivity contribution is 7.89. The Kier molecular flexibility index (Phi) is 5.91. The average molecular weight is 400 g/mol. The van der Waals surface area contributed by atoms with E-state index in [2.05, 4.69) is 9.71 Å². The first-order chi connectivity index (χ1) is 13.4. The number of H-pyrrole nitrogens is 1. The number of hydrogen-bond donors (Lipinski definition) is 2. The van der Waals surface area contributed by atoms with Gasteiger partial charge >= 0.3 is 5.97 Å². The van der Waals surface area contributed by atoms with Crippen LogP contribution in [0.4, 0.5) is 0 Å². The summed E-state index contributed by atoms with van der Waals surface area (Å²) in [6.45, 7) is 1.38. The zero-order chi connectivity index (χ0) is 20.1. The molecule has 2 aromatic carbocycles. The summed E-state index contributed by atoms with van der Waals surface area (Å²) >= 11 is 0. The van der Waals surface area contributed by atoms with Gasteiger partial charge in [-0.1, -0.05) is 36.4 Å². The number of aromatic nitrogens is 1. The molecule has 3 aromatic rings. The molecule has 1 aromatic heterocycles. The zero-order valence-electron chi connectivity index (χ0n) is 15.2. The molecule has 0 bridgehead atoms. The summed E-state index contributed by atoms with van der Waals surface area (Å²) in [5.74, 6) is -0.980. The Balaban J connectivity index is 1.54. The minimum absolute atomic E-state index is 0.117. The number of sulfonamides is 1. The van der Waals surface area contributed by atoms with Crippen molar-refractivity contribution in [3.63, 3.8) is 0 Å². The third-order valence-corrected chi connectivity index (χ3v) is 5.68. The first-order valence-corrected chi connectivity index (χ1v) is 10.2. The minimum Gasteiger partial charge on any atom is -0.454 e. The molecule has 0 aliphatic heterocycles. The van der Waals surface area contributed by atoms with Crippen LogP contribution >= 0.6 is 0 Å². The van der Waals surface area contributed by atoms with Crippen LogP contribution in [0, 0.1) is 0 Å². The monoisotopic (exact) mass is 400 g/mol. The van der Waals surface area contributed by atoms with Gasteiger partial charge in [-0.25, -0.2) is 13.1 Å². The van der Waals surface area contributed by atoms with Crippen LogP contribution in [0.5, 0.6) is 0 Å². The molecular weight excluding hydrogens is 380 g/mol. The maximum Gasteiger partial charge on any atom is 0.307 e. The van der Waals surface area contributed by atoms with E-state index in [4.69, 9.17) is 4.74 Å². The molecule has 0 amide bonds. The molecule has 0 aliphatic rings. The normalized spacial score (nSPS) is 12.6. The topological polar surface area (TPSA) is 105 Å². The van der Waals surface area contributed by atoms with Crippen LogP contribution in [0.25, 0.3) is 10.9 Å². The molecule has 0 unspecified atom stereocenters. The highest BCUT2D eigenvalue weighted by Crippen LogP contribution is 2.20. The highest BCUT2D eigenvalue weighted by Gasteiger charge is 2.22. The van der Waals surface area contributed by atoms with Crippen LogP contribution in [-0.2, 0) is 19.6 Å². The number of rotatable bonds is 8. The number of hydrogen-bond acceptors (Lipinski definition) is 5. The largest absolute Gasteiger partial charge is 0.454 e. The van der Waals surface area contributed by atoms with Crippen molar-refractivity contribution in [1.82, 2.24) is 9.71 Å². The van der Waals surface area contributed by atoms with Crippen molar-refractivity contribution in [2.75, 3.05) is 6.54 Å². The average Bonchev–Trinajstić information content (AvgIpc) is 3.12. The van der Waals surface area contributed by atoms with E-state index in [9.17, 15) is 18.0 Å². The number of esters is 1. The number of benzene rings is 2. The zero-order valence-corrected chi connectivity index (χ0v) is 16.0. The van der Waals surface area contributed by atoms with Crippen molar-refractivity contribution in [2.45, 2.75) is 24.3 Å². The Bertz CT molecular complexity index is 1090. The lowest BCUT2D eigenvalue weighted by atomic mass is 10.1. The summed E-state index contributed by atoms with van der Waals surface area (Å²) < 4.78 is 31.7. The third-order valence-electron chi connectivity index (χ3n) is 4.21. The predicted octanol–water partition coefficient (Wildman–Crippen LogP) is 2.65. The maximum atomic E-state index is 12.6. The number of Topliss-reactive ketones (excluding diaryl/α,β-unsaturated/α-hetero) is 1. The first kappa shape index (κ1) is 19.8. The fraction of sp³-hybridized carbons (Fsp3) is 0.200. The number of carbonyl (C=O) groups excluding carboxylic acids is 2. The molecule has 0 saturated heterocycles. The van der Waals surface area contributed by atoms with Gasteiger partial charge in [-0.3, -0.25) is 9.59 Å². The number of ether oxygens (including phenoxy) is 1. The summed E-state index contributed by atoms with van der Waals surface area (Å²) in [5, 5.41) is 0.756. The van der Waals surface area contributed by atoms with E-state index in [-0.39, 0.29) is 23.6 Å². The van der Waals surface area contributed by atoms with Gasteiger partial charge in [0.25, 0.3) is 0 Å². The second kappa shape index (κ2) is 8.37. The van der Waals surface area contributed by atoms with E-state index in [0.717, 1.165) is 10.9 Å². The molecule has 0 aliphatic carbocycles. The fourth-order valence-corrected chi connectivity index (χ4v) is 3.83. The molecule has 0 radical (unpaired) electrons. The second-order valence-corrected chi connectivity index (χ2v) is 7.97. The van der Waals surface area contributed by atoms with Crippen LogP contribution in [0.15, 0.2) is 65.7 Å². The first-order valence-electron chi connectivity index (χ1n) is 8.73. The Hall–Kier alpha value is -2.97. The maximum absolute atomic E-state index is 12.6. The van der Waals surface area contributed by atoms with Crippen LogP contribution in [-0.4, -0.2) is 37.8 Å². The van der Waals surface area contributed by atoms with Crippen LogP contribution < -0.4 is 4.72 Å². The lowest BCUT2D eigenvalue weighted by Gasteiger charge is -2.12. The van der Waals surface area contributed by atoms with Crippen LogP contribution in [0.1, 0.15) is 23.7 Å². The summed E-state index contributed by atoms with van der Waals surface area (Å²) in [6.07, 6.45) is 0.431. The number of para-hydroxylation sites is 1. The van der Waals surface area contributed by atoms with Crippen molar-refractivity contribution in [2.24, 2.45) is 0 Å². The molecule has 7 nitrogen and oxygen atoms in total. The lowest BCUT2D eigenvalue weighted by molar-refractivity contribution is -0.146. The lowest BCUT2D eigenvalue weighted by Crippen LogP contribution is -2.29. The van der Waals surface area contributed by atoms with Gasteiger partial charge in [-0.05, 0) is 25.1 Å². The van der Waals surface area contributed by atoms with E-state index >= 15 is 0 Å². The van der Waals surface area contributed by atoms with Gasteiger partial charge in [-0.15, -0.1) is 0 Å². The predicted molar refractivity (Wildman–Crippen MR) is 104 cm³/mol. The number of fused-ring (bicyclic) bond motifs is 1. The van der Waals surface area contributed by atoms with Crippen molar-refractivity contribution in [1.29, 1.82) is 0 Å². The van der Waals surface area contributed by atoms with Crippen molar-refractivity contribution in [3.8, 4) is 0 Å². The molecule has 0 saturated carbocycles. The number of aromatic amines is 1. The van der Waals surface area contributed by atoms with E-state index in [1.807, 2.05) is 24.3 Å². The van der Waals surface area contributed by atoms with Crippen LogP contribution in [0.2, 0.25) is 0 Å². The molecular formula is C20H20N2O5S. The van der Waals surface area contributed by atoms with Gasteiger partial charge in [0, 0.05) is 29.2 Å². The minimum atomic E-state index is -3.69. The second-order valence-electron chi connectivity index (χ2n) is 6.21. The van der Waals surface area contributed by atoms with E-state index in [1.165, 1.54) is 19.1 Å². The van der Waals surface area contributed by atoms with Crippen molar-refractivity contribution >= 4 is 32.7 Å². The van der Waals surface area contributed by atoms with Crippen LogP contribution in [0.3, 0.4) is 0 Å². The standard InChI is InChI=1S/C20H20N2O5S/c1-14(20(24)17-13-21-18-10-6-5-9-16(17)18)27-19(23)11-12-22-28(25,26)15-7-3-2-4-8-15/h2-10,13-14,21-22H,11-12H2,1H3/t14-/m1/s1. The molecule has 2 N–H and O–H groups in total. The van der Waals surface area contributed by atoms with E-state index in [0.29, 0.717) is 5.56 Å². The fourth-order valence-electron chi connectivity index (χ4n) is 2.77. The summed E-state index contributed by atoms with van der Waals surface area (Å²) in [7, 11) is -3.69. The van der Waals surface area contributed by atoms with Gasteiger partial charge in [0.2, 0.25) is 15.8 Å². The molecule has 0 spiro atoms. The molecule has 3 rings (SSSR count).